The normalized spacial score (nSPS) is 14.2. The number of carbonyl (C=O) groups is 1. The molecule has 29 heavy (non-hydrogen) atoms. The minimum atomic E-state index is -4.34. The van der Waals surface area contributed by atoms with Crippen LogP contribution in [0.3, 0.4) is 0 Å². The minimum Gasteiger partial charge on any atom is -0.739 e. The number of esters is 1. The molecule has 3 rings (SSSR count). The van der Waals surface area contributed by atoms with Crippen LogP contribution in [0.15, 0.2) is 34.6 Å². The van der Waals surface area contributed by atoms with Crippen molar-refractivity contribution in [3.8, 4) is 0 Å². The van der Waals surface area contributed by atoms with Gasteiger partial charge in [0.15, 0.2) is 5.52 Å². The topological polar surface area (TPSA) is 108 Å². The molecule has 0 bridgehead atoms. The van der Waals surface area contributed by atoms with Crippen LogP contribution in [0, 0.1) is 10.4 Å². The monoisotopic (exact) mass is 477 g/mol. The standard InChI is InChI=1S/C16H15BrF3N5O4/c17-10-1-2-12-13(7-10)25(28)22-15(24(12)27)21-5-3-14(26)29-11-4-6-23(8-11)9-16(18,19)20/h1-2,7-8H,3-6,9H2,(H,21,22). The summed E-state index contributed by atoms with van der Waals surface area (Å²) in [6.07, 6.45) is -3.17. The Morgan fingerprint density at radius 3 is 2.83 bits per heavy atom. The van der Waals surface area contributed by atoms with Gasteiger partial charge >= 0.3 is 23.6 Å². The molecule has 1 aromatic carbocycles. The summed E-state index contributed by atoms with van der Waals surface area (Å²) in [5.41, 5.74) is 0.153. The van der Waals surface area contributed by atoms with Crippen LogP contribution in [-0.4, -0.2) is 41.8 Å². The zero-order valence-electron chi connectivity index (χ0n) is 14.8. The Kier molecular flexibility index (Phi) is 5.96. The number of alkyl halides is 3. The van der Waals surface area contributed by atoms with Gasteiger partial charge in [0.1, 0.15) is 12.3 Å². The lowest BCUT2D eigenvalue weighted by Gasteiger charge is -2.16. The Bertz CT molecular complexity index is 970. The van der Waals surface area contributed by atoms with Gasteiger partial charge in [-0.05, 0) is 12.1 Å². The second-order valence-electron chi connectivity index (χ2n) is 6.21. The smallest absolute Gasteiger partial charge is 0.460 e. The van der Waals surface area contributed by atoms with E-state index in [0.29, 0.717) is 9.20 Å². The first kappa shape index (κ1) is 20.9. The first-order chi connectivity index (χ1) is 13.6. The maximum absolute atomic E-state index is 12.4. The summed E-state index contributed by atoms with van der Waals surface area (Å²) < 4.78 is 43.1. The predicted molar refractivity (Wildman–Crippen MR) is 96.9 cm³/mol. The van der Waals surface area contributed by atoms with Gasteiger partial charge in [-0.25, -0.2) is 4.73 Å². The summed E-state index contributed by atoms with van der Waals surface area (Å²) in [5.74, 6) is -0.834. The Hall–Kier alpha value is -2.83. The molecule has 0 spiro atoms. The number of benzene rings is 1. The number of nitrogens with zero attached hydrogens (tertiary/aromatic N) is 4. The van der Waals surface area contributed by atoms with E-state index in [9.17, 15) is 28.4 Å². The predicted octanol–water partition coefficient (Wildman–Crippen LogP) is 1.72. The van der Waals surface area contributed by atoms with Crippen LogP contribution in [0.25, 0.3) is 11.0 Å². The van der Waals surface area contributed by atoms with Crippen LogP contribution >= 0.6 is 15.9 Å². The van der Waals surface area contributed by atoms with E-state index in [1.165, 1.54) is 12.1 Å². The number of hydrogen-bond acceptors (Lipinski definition) is 7. The highest BCUT2D eigenvalue weighted by atomic mass is 79.9. The van der Waals surface area contributed by atoms with Gasteiger partial charge in [-0.1, -0.05) is 15.9 Å². The maximum atomic E-state index is 12.4. The SMILES string of the molecule is O=C(CCNc1n[n+]([O-])c2cc(Br)ccc2[n+]1[O-])OC1=CN(CC(F)(F)F)CC1. The maximum Gasteiger partial charge on any atom is 0.460 e. The third-order valence-corrected chi connectivity index (χ3v) is 4.45. The molecule has 156 valence electrons. The van der Waals surface area contributed by atoms with Crippen LogP contribution in [0.1, 0.15) is 12.8 Å². The molecule has 0 aliphatic carbocycles. The van der Waals surface area contributed by atoms with Crippen molar-refractivity contribution < 1.29 is 32.3 Å². The second-order valence-corrected chi connectivity index (χ2v) is 7.12. The van der Waals surface area contributed by atoms with E-state index in [1.54, 1.807) is 6.07 Å². The Morgan fingerprint density at radius 2 is 2.10 bits per heavy atom. The summed E-state index contributed by atoms with van der Waals surface area (Å²) in [6, 6.07) is 4.48. The van der Waals surface area contributed by atoms with Crippen LogP contribution in [0.2, 0.25) is 0 Å². The van der Waals surface area contributed by atoms with E-state index in [4.69, 9.17) is 4.74 Å². The lowest BCUT2D eigenvalue weighted by molar-refractivity contribution is -0.672. The third-order valence-electron chi connectivity index (χ3n) is 3.95. The fourth-order valence-electron chi connectivity index (χ4n) is 2.72. The van der Waals surface area contributed by atoms with E-state index in [0.717, 1.165) is 11.1 Å². The van der Waals surface area contributed by atoms with Crippen molar-refractivity contribution in [2.75, 3.05) is 25.0 Å². The van der Waals surface area contributed by atoms with Crippen molar-refractivity contribution in [1.29, 1.82) is 0 Å². The summed E-state index contributed by atoms with van der Waals surface area (Å²) in [6.45, 7) is -1.06. The van der Waals surface area contributed by atoms with Crippen LogP contribution in [0.5, 0.6) is 0 Å². The zero-order chi connectivity index (χ0) is 21.2. The van der Waals surface area contributed by atoms with Gasteiger partial charge in [0, 0.05) is 34.5 Å². The van der Waals surface area contributed by atoms with Crippen molar-refractivity contribution in [3.05, 3.63) is 45.0 Å². The molecule has 0 atom stereocenters. The highest BCUT2D eigenvalue weighted by molar-refractivity contribution is 9.10. The molecule has 0 unspecified atom stereocenters. The highest BCUT2D eigenvalue weighted by Gasteiger charge is 2.32. The molecule has 13 heteroatoms. The van der Waals surface area contributed by atoms with Crippen molar-refractivity contribution in [1.82, 2.24) is 10.00 Å². The Labute approximate surface area is 170 Å². The van der Waals surface area contributed by atoms with Gasteiger partial charge in [-0.15, -0.1) is 0 Å². The van der Waals surface area contributed by atoms with Crippen LogP contribution in [-0.2, 0) is 9.53 Å². The van der Waals surface area contributed by atoms with E-state index >= 15 is 0 Å². The Morgan fingerprint density at radius 1 is 1.34 bits per heavy atom. The molecule has 0 saturated heterocycles. The lowest BCUT2D eigenvalue weighted by atomic mass is 10.3. The largest absolute Gasteiger partial charge is 0.739 e. The molecule has 1 aliphatic rings. The second kappa shape index (κ2) is 8.27. The van der Waals surface area contributed by atoms with Gasteiger partial charge in [0.05, 0.1) is 13.0 Å². The van der Waals surface area contributed by atoms with Crippen molar-refractivity contribution in [2.45, 2.75) is 19.0 Å². The van der Waals surface area contributed by atoms with Crippen LogP contribution in [0.4, 0.5) is 19.1 Å². The number of halogens is 4. The molecule has 0 radical (unpaired) electrons. The van der Waals surface area contributed by atoms with Gasteiger partial charge in [-0.3, -0.25) is 10.1 Å². The minimum absolute atomic E-state index is 0.0599. The average Bonchev–Trinajstić information content (AvgIpc) is 3.03. The quantitative estimate of drug-likeness (QED) is 0.383. The lowest BCUT2D eigenvalue weighted by Crippen LogP contribution is -2.44. The first-order valence-electron chi connectivity index (χ1n) is 8.41. The number of aromatic nitrogens is 3. The van der Waals surface area contributed by atoms with Gasteiger partial charge < -0.3 is 20.1 Å². The summed E-state index contributed by atoms with van der Waals surface area (Å²) in [7, 11) is 0. The van der Waals surface area contributed by atoms with Crippen molar-refractivity contribution in [3.63, 3.8) is 0 Å². The molecule has 1 aliphatic heterocycles. The molecule has 0 amide bonds. The molecule has 0 saturated carbocycles. The number of rotatable bonds is 6. The number of fused-ring (bicyclic) bond motifs is 1. The fourth-order valence-corrected chi connectivity index (χ4v) is 3.06. The molecular formula is C16H15BrF3N5O4. The van der Waals surface area contributed by atoms with Crippen molar-refractivity contribution in [2.24, 2.45) is 0 Å². The van der Waals surface area contributed by atoms with E-state index in [1.807, 2.05) is 0 Å². The average molecular weight is 478 g/mol. The van der Waals surface area contributed by atoms with E-state index in [2.05, 4.69) is 26.3 Å². The van der Waals surface area contributed by atoms with Gasteiger partial charge in [0.2, 0.25) is 5.10 Å². The zero-order valence-corrected chi connectivity index (χ0v) is 16.4. The molecule has 2 heterocycles. The van der Waals surface area contributed by atoms with Gasteiger partial charge in [0.25, 0.3) is 0 Å². The molecular weight excluding hydrogens is 463 g/mol. The number of carbonyl (C=O) groups excluding carboxylic acids is 1. The van der Waals surface area contributed by atoms with E-state index in [-0.39, 0.29) is 53.5 Å². The highest BCUT2D eigenvalue weighted by Crippen LogP contribution is 2.22. The van der Waals surface area contributed by atoms with Gasteiger partial charge in [-0.2, -0.15) is 13.2 Å². The molecule has 1 N–H and O–H groups in total. The van der Waals surface area contributed by atoms with Crippen molar-refractivity contribution >= 4 is 38.9 Å². The number of hydrogen-bond donors (Lipinski definition) is 1. The number of nitrogens with one attached hydrogen (secondary N) is 1. The third kappa shape index (κ3) is 5.37. The molecule has 2 aromatic rings. The van der Waals surface area contributed by atoms with E-state index < -0.39 is 18.7 Å². The first-order valence-corrected chi connectivity index (χ1v) is 9.20. The Balaban J connectivity index is 1.55. The molecule has 0 fully saturated rings. The summed E-state index contributed by atoms with van der Waals surface area (Å²) in [5, 5.41) is 30.4. The fraction of sp³-hybridized carbons (Fsp3) is 0.375. The number of anilines is 1. The molecule has 1 aromatic heterocycles. The molecule has 9 nitrogen and oxygen atoms in total. The van der Waals surface area contributed by atoms with Crippen LogP contribution < -0.4 is 14.9 Å². The summed E-state index contributed by atoms with van der Waals surface area (Å²) in [4.78, 5) is 13.2. The number of ether oxygens (including phenoxy) is 1. The summed E-state index contributed by atoms with van der Waals surface area (Å²) >= 11 is 3.20.